The summed E-state index contributed by atoms with van der Waals surface area (Å²) in [6, 6.07) is 7.04. The normalized spacial score (nSPS) is 21.2. The Kier molecular flexibility index (Phi) is 5.90. The molecule has 2 aromatic heterocycles. The number of fused-ring (bicyclic) bond motifs is 1. The van der Waals surface area contributed by atoms with Crippen LogP contribution < -0.4 is 10.3 Å². The zero-order chi connectivity index (χ0) is 22.1. The van der Waals surface area contributed by atoms with E-state index in [4.69, 9.17) is 9.47 Å². The number of hydrogen-bond acceptors (Lipinski definition) is 8. The van der Waals surface area contributed by atoms with Crippen LogP contribution in [0, 0.1) is 0 Å². The molecule has 5 rings (SSSR count). The van der Waals surface area contributed by atoms with E-state index in [-0.39, 0.29) is 17.8 Å². The van der Waals surface area contributed by atoms with E-state index in [9.17, 15) is 9.90 Å². The minimum absolute atomic E-state index is 0.0697. The predicted octanol–water partition coefficient (Wildman–Crippen LogP) is 1.25. The van der Waals surface area contributed by atoms with Crippen molar-refractivity contribution in [3.63, 3.8) is 0 Å². The topological polar surface area (TPSA) is 118 Å². The number of likely N-dealkylation sites (tertiary alicyclic amines) is 1. The van der Waals surface area contributed by atoms with Crippen molar-refractivity contribution in [3.8, 4) is 5.75 Å². The first-order valence-electron chi connectivity index (χ1n) is 11.1. The Hall–Kier alpha value is -2.82. The number of benzene rings is 1. The number of hydrogen-bond donors (Lipinski definition) is 2. The maximum atomic E-state index is 13.2. The molecule has 2 unspecified atom stereocenters. The number of aliphatic hydroxyl groups is 1. The minimum atomic E-state index is -0.432. The molecule has 0 spiro atoms. The second-order valence-corrected chi connectivity index (χ2v) is 8.53. The number of ether oxygens (including phenoxy) is 2. The number of methoxy groups -OCH3 is 1. The molecule has 0 aliphatic carbocycles. The van der Waals surface area contributed by atoms with Gasteiger partial charge in [0.05, 0.1) is 25.9 Å². The first kappa shape index (κ1) is 21.0. The molecule has 0 radical (unpaired) electrons. The number of nitrogens with zero attached hydrogens (tertiary/aromatic N) is 5. The lowest BCUT2D eigenvalue weighted by atomic mass is 9.99. The monoisotopic (exact) mass is 440 g/mol. The van der Waals surface area contributed by atoms with Crippen molar-refractivity contribution in [2.75, 3.05) is 26.8 Å². The molecule has 2 N–H and O–H groups in total. The van der Waals surface area contributed by atoms with Crippen molar-refractivity contribution in [2.24, 2.45) is 0 Å². The van der Waals surface area contributed by atoms with Crippen LogP contribution in [0.4, 0.5) is 0 Å². The lowest BCUT2D eigenvalue weighted by molar-refractivity contribution is 0.0632. The molecule has 0 saturated carbocycles. The highest BCUT2D eigenvalue weighted by Crippen LogP contribution is 2.30. The average molecular weight is 441 g/mol. The summed E-state index contributed by atoms with van der Waals surface area (Å²) in [5, 5.41) is 23.4. The summed E-state index contributed by atoms with van der Waals surface area (Å²) in [7, 11) is 1.62. The van der Waals surface area contributed by atoms with Gasteiger partial charge in [-0.25, -0.2) is 4.68 Å². The van der Waals surface area contributed by atoms with E-state index in [2.05, 4.69) is 25.4 Å². The number of H-pyrrole nitrogens is 1. The number of pyridine rings is 1. The fourth-order valence-electron chi connectivity index (χ4n) is 4.69. The van der Waals surface area contributed by atoms with Crippen LogP contribution in [0.15, 0.2) is 29.1 Å². The van der Waals surface area contributed by atoms with Gasteiger partial charge in [0.1, 0.15) is 11.8 Å². The standard InChI is InChI=1S/C22H28N6O4/c1-31-16-4-5-19-14(11-16)12-18(22(30)23-19)20(27-8-6-15(29)7-9-27)21-24-25-26-28(21)13-17-3-2-10-32-17/h4-5,11-12,15,17,20,29H,2-3,6-10,13H2,1H3,(H,23,30). The predicted molar refractivity (Wildman–Crippen MR) is 117 cm³/mol. The van der Waals surface area contributed by atoms with E-state index in [1.165, 1.54) is 0 Å². The zero-order valence-electron chi connectivity index (χ0n) is 18.1. The molecule has 0 bridgehead atoms. The largest absolute Gasteiger partial charge is 0.497 e. The molecule has 10 nitrogen and oxygen atoms in total. The number of rotatable bonds is 6. The zero-order valence-corrected chi connectivity index (χ0v) is 18.1. The van der Waals surface area contributed by atoms with Crippen molar-refractivity contribution >= 4 is 10.9 Å². The number of aliphatic hydroxyl groups excluding tert-OH is 1. The van der Waals surface area contributed by atoms with Gasteiger partial charge in [0.2, 0.25) is 0 Å². The molecule has 0 amide bonds. The molecular weight excluding hydrogens is 412 g/mol. The third-order valence-electron chi connectivity index (χ3n) is 6.44. The fraction of sp³-hybridized carbons (Fsp3) is 0.545. The maximum absolute atomic E-state index is 13.2. The van der Waals surface area contributed by atoms with E-state index in [0.717, 1.165) is 36.1 Å². The lowest BCUT2D eigenvalue weighted by Crippen LogP contribution is -2.42. The summed E-state index contributed by atoms with van der Waals surface area (Å²) >= 11 is 0. The number of aromatic amines is 1. The van der Waals surface area contributed by atoms with Gasteiger partial charge < -0.3 is 19.6 Å². The number of tetrazole rings is 1. The lowest BCUT2D eigenvalue weighted by Gasteiger charge is -2.35. The van der Waals surface area contributed by atoms with E-state index in [1.807, 2.05) is 24.3 Å². The summed E-state index contributed by atoms with van der Waals surface area (Å²) in [6.07, 6.45) is 3.03. The number of piperidine rings is 1. The first-order chi connectivity index (χ1) is 15.6. The highest BCUT2D eigenvalue weighted by atomic mass is 16.5. The van der Waals surface area contributed by atoms with Crippen LogP contribution in [-0.4, -0.2) is 74.2 Å². The molecule has 2 atom stereocenters. The van der Waals surface area contributed by atoms with Crippen LogP contribution in [0.1, 0.15) is 43.1 Å². The molecule has 2 aliphatic heterocycles. The van der Waals surface area contributed by atoms with Crippen molar-refractivity contribution in [1.82, 2.24) is 30.1 Å². The van der Waals surface area contributed by atoms with Crippen molar-refractivity contribution in [3.05, 3.63) is 46.0 Å². The summed E-state index contributed by atoms with van der Waals surface area (Å²) in [6.45, 7) is 2.60. The Morgan fingerprint density at radius 2 is 2.12 bits per heavy atom. The molecule has 170 valence electrons. The summed E-state index contributed by atoms with van der Waals surface area (Å²) in [5.41, 5.74) is 1.14. The van der Waals surface area contributed by atoms with Crippen molar-refractivity contribution < 1.29 is 14.6 Å². The van der Waals surface area contributed by atoms with Gasteiger partial charge in [-0.2, -0.15) is 0 Å². The molecule has 2 aliphatic rings. The molecule has 3 aromatic rings. The van der Waals surface area contributed by atoms with Gasteiger partial charge in [-0.3, -0.25) is 9.69 Å². The Labute approximate surface area is 185 Å². The number of nitrogens with one attached hydrogen (secondary N) is 1. The van der Waals surface area contributed by atoms with E-state index in [0.29, 0.717) is 43.9 Å². The van der Waals surface area contributed by atoms with E-state index in [1.54, 1.807) is 11.8 Å². The van der Waals surface area contributed by atoms with Crippen LogP contribution in [-0.2, 0) is 11.3 Å². The van der Waals surface area contributed by atoms with Crippen LogP contribution in [0.5, 0.6) is 5.75 Å². The second-order valence-electron chi connectivity index (χ2n) is 8.53. The highest BCUT2D eigenvalue weighted by Gasteiger charge is 2.33. The van der Waals surface area contributed by atoms with Crippen molar-refractivity contribution in [2.45, 2.75) is 50.5 Å². The molecule has 2 saturated heterocycles. The Balaban J connectivity index is 1.59. The Morgan fingerprint density at radius 1 is 1.28 bits per heavy atom. The third kappa shape index (κ3) is 4.13. The van der Waals surface area contributed by atoms with Gasteiger partial charge >= 0.3 is 0 Å². The fourth-order valence-corrected chi connectivity index (χ4v) is 4.69. The molecule has 32 heavy (non-hydrogen) atoms. The quantitative estimate of drug-likeness (QED) is 0.588. The van der Waals surface area contributed by atoms with E-state index >= 15 is 0 Å². The van der Waals surface area contributed by atoms with Gasteiger partial charge in [0, 0.05) is 36.2 Å². The third-order valence-corrected chi connectivity index (χ3v) is 6.44. The smallest absolute Gasteiger partial charge is 0.253 e. The van der Waals surface area contributed by atoms with E-state index < -0.39 is 6.04 Å². The summed E-state index contributed by atoms with van der Waals surface area (Å²) in [4.78, 5) is 18.4. The summed E-state index contributed by atoms with van der Waals surface area (Å²) < 4.78 is 12.9. The van der Waals surface area contributed by atoms with Gasteiger partial charge in [0.15, 0.2) is 5.82 Å². The maximum Gasteiger partial charge on any atom is 0.253 e. The average Bonchev–Trinajstić information content (AvgIpc) is 3.48. The van der Waals surface area contributed by atoms with Gasteiger partial charge in [-0.05, 0) is 60.4 Å². The minimum Gasteiger partial charge on any atom is -0.497 e. The Morgan fingerprint density at radius 3 is 2.88 bits per heavy atom. The SMILES string of the molecule is COc1ccc2[nH]c(=O)c(C(c3nnnn3CC3CCCO3)N3CCC(O)CC3)cc2c1. The van der Waals surface area contributed by atoms with Crippen LogP contribution in [0.3, 0.4) is 0 Å². The molecule has 10 heteroatoms. The molecular formula is C22H28N6O4. The van der Waals surface area contributed by atoms with Gasteiger partial charge in [0.25, 0.3) is 5.56 Å². The van der Waals surface area contributed by atoms with Crippen molar-refractivity contribution in [1.29, 1.82) is 0 Å². The van der Waals surface area contributed by atoms with Crippen LogP contribution in [0.2, 0.25) is 0 Å². The van der Waals surface area contributed by atoms with Gasteiger partial charge in [-0.15, -0.1) is 5.10 Å². The second kappa shape index (κ2) is 8.97. The highest BCUT2D eigenvalue weighted by molar-refractivity contribution is 5.80. The first-order valence-corrected chi connectivity index (χ1v) is 11.1. The number of aromatic nitrogens is 5. The molecule has 4 heterocycles. The Bertz CT molecular complexity index is 1130. The van der Waals surface area contributed by atoms with Crippen LogP contribution >= 0.6 is 0 Å². The molecule has 2 fully saturated rings. The van der Waals surface area contributed by atoms with Crippen LogP contribution in [0.25, 0.3) is 10.9 Å². The summed E-state index contributed by atoms with van der Waals surface area (Å²) in [5.74, 6) is 1.33. The van der Waals surface area contributed by atoms with Gasteiger partial charge in [-0.1, -0.05) is 0 Å². The molecule has 1 aromatic carbocycles.